The number of methoxy groups -OCH3 is 1. The standard InChI is InChI=1S/C29H29NO2/c1-20(2)18-24-19-26(22-10-6-5-7-11-22)28(23-16-14-21(3)15-17-23)30(24)27-13-9-8-12-25(27)29(31)32-4/h5-17,19-20H,18H2,1-4H3. The number of aryl methyl sites for hydroxylation is 1. The van der Waals surface area contributed by atoms with Crippen LogP contribution in [-0.2, 0) is 11.2 Å². The molecule has 0 saturated heterocycles. The number of hydrogen-bond acceptors (Lipinski definition) is 2. The molecule has 0 unspecified atom stereocenters. The summed E-state index contributed by atoms with van der Waals surface area (Å²) in [5.41, 5.74) is 8.30. The van der Waals surface area contributed by atoms with Crippen molar-refractivity contribution < 1.29 is 9.53 Å². The number of hydrogen-bond donors (Lipinski definition) is 0. The van der Waals surface area contributed by atoms with Gasteiger partial charge >= 0.3 is 5.97 Å². The zero-order valence-electron chi connectivity index (χ0n) is 19.1. The number of benzene rings is 3. The molecule has 1 aromatic heterocycles. The average Bonchev–Trinajstić information content (AvgIpc) is 3.17. The number of aromatic nitrogens is 1. The van der Waals surface area contributed by atoms with Crippen molar-refractivity contribution in [3.63, 3.8) is 0 Å². The van der Waals surface area contributed by atoms with E-state index < -0.39 is 0 Å². The summed E-state index contributed by atoms with van der Waals surface area (Å²) < 4.78 is 7.37. The highest BCUT2D eigenvalue weighted by Crippen LogP contribution is 2.39. The molecule has 162 valence electrons. The van der Waals surface area contributed by atoms with Crippen molar-refractivity contribution in [2.75, 3.05) is 7.11 Å². The van der Waals surface area contributed by atoms with Gasteiger partial charge in [0.05, 0.1) is 24.1 Å². The number of para-hydroxylation sites is 1. The minimum absolute atomic E-state index is 0.332. The van der Waals surface area contributed by atoms with Crippen LogP contribution in [0.25, 0.3) is 28.1 Å². The Labute approximate surface area is 190 Å². The molecule has 3 heteroatoms. The van der Waals surface area contributed by atoms with Gasteiger partial charge in [0, 0.05) is 11.3 Å². The monoisotopic (exact) mass is 423 g/mol. The molecule has 0 aliphatic carbocycles. The smallest absolute Gasteiger partial charge is 0.339 e. The lowest BCUT2D eigenvalue weighted by Gasteiger charge is -2.18. The van der Waals surface area contributed by atoms with E-state index in [9.17, 15) is 4.79 Å². The summed E-state index contributed by atoms with van der Waals surface area (Å²) in [5.74, 6) is 0.129. The van der Waals surface area contributed by atoms with Crippen molar-refractivity contribution in [2.45, 2.75) is 27.2 Å². The summed E-state index contributed by atoms with van der Waals surface area (Å²) in [4.78, 5) is 12.7. The van der Waals surface area contributed by atoms with E-state index in [4.69, 9.17) is 4.74 Å². The van der Waals surface area contributed by atoms with Crippen LogP contribution in [0.2, 0.25) is 0 Å². The van der Waals surface area contributed by atoms with Crippen molar-refractivity contribution >= 4 is 5.97 Å². The van der Waals surface area contributed by atoms with Gasteiger partial charge in [0.2, 0.25) is 0 Å². The van der Waals surface area contributed by atoms with E-state index in [0.717, 1.165) is 34.5 Å². The molecule has 1 heterocycles. The molecule has 4 rings (SSSR count). The van der Waals surface area contributed by atoms with Crippen molar-refractivity contribution in [3.05, 3.63) is 102 Å². The quantitative estimate of drug-likeness (QED) is 0.310. The van der Waals surface area contributed by atoms with Gasteiger partial charge in [0.1, 0.15) is 0 Å². The molecule has 0 aliphatic rings. The van der Waals surface area contributed by atoms with Crippen molar-refractivity contribution in [1.82, 2.24) is 4.57 Å². The number of carbonyl (C=O) groups excluding carboxylic acids is 1. The SMILES string of the molecule is COC(=O)c1ccccc1-n1c(CC(C)C)cc(-c2ccccc2)c1-c1ccc(C)cc1. The predicted octanol–water partition coefficient (Wildman–Crippen LogP) is 7.10. The fourth-order valence-electron chi connectivity index (χ4n) is 4.19. The second kappa shape index (κ2) is 9.27. The Morgan fingerprint density at radius 2 is 1.53 bits per heavy atom. The molecule has 32 heavy (non-hydrogen) atoms. The molecule has 0 spiro atoms. The molecule has 3 aromatic carbocycles. The van der Waals surface area contributed by atoms with Gasteiger partial charge in [-0.15, -0.1) is 0 Å². The van der Waals surface area contributed by atoms with Gasteiger partial charge in [-0.2, -0.15) is 0 Å². The van der Waals surface area contributed by atoms with E-state index in [1.165, 1.54) is 18.4 Å². The van der Waals surface area contributed by atoms with E-state index >= 15 is 0 Å². The molecular formula is C29H29NO2. The zero-order chi connectivity index (χ0) is 22.7. The third kappa shape index (κ3) is 4.24. The Balaban J connectivity index is 2.09. The number of rotatable bonds is 6. The van der Waals surface area contributed by atoms with E-state index in [2.05, 4.69) is 79.9 Å². The van der Waals surface area contributed by atoms with E-state index in [1.54, 1.807) is 0 Å². The lowest BCUT2D eigenvalue weighted by atomic mass is 10.00. The number of esters is 1. The molecule has 0 aliphatic heterocycles. The minimum atomic E-state index is -0.332. The highest BCUT2D eigenvalue weighted by atomic mass is 16.5. The molecular weight excluding hydrogens is 394 g/mol. The van der Waals surface area contributed by atoms with Gasteiger partial charge in [0.25, 0.3) is 0 Å². The first-order chi connectivity index (χ1) is 15.5. The molecule has 3 nitrogen and oxygen atoms in total. The van der Waals surface area contributed by atoms with Crippen molar-refractivity contribution in [2.24, 2.45) is 5.92 Å². The topological polar surface area (TPSA) is 31.2 Å². The molecule has 0 N–H and O–H groups in total. The molecule has 0 amide bonds. The third-order valence-electron chi connectivity index (χ3n) is 5.65. The molecule has 0 atom stereocenters. The van der Waals surface area contributed by atoms with Gasteiger partial charge in [-0.05, 0) is 48.6 Å². The van der Waals surface area contributed by atoms with Crippen molar-refractivity contribution in [3.8, 4) is 28.1 Å². The van der Waals surface area contributed by atoms with Crippen LogP contribution in [0, 0.1) is 12.8 Å². The number of ether oxygens (including phenoxy) is 1. The van der Waals surface area contributed by atoms with Crippen LogP contribution in [0.1, 0.15) is 35.5 Å². The molecule has 0 radical (unpaired) electrons. The summed E-state index contributed by atoms with van der Waals surface area (Å²) in [5, 5.41) is 0. The fourth-order valence-corrected chi connectivity index (χ4v) is 4.19. The third-order valence-corrected chi connectivity index (χ3v) is 5.65. The second-order valence-electron chi connectivity index (χ2n) is 8.57. The van der Waals surface area contributed by atoms with Gasteiger partial charge in [-0.3, -0.25) is 0 Å². The maximum atomic E-state index is 12.7. The van der Waals surface area contributed by atoms with Crippen LogP contribution >= 0.6 is 0 Å². The van der Waals surface area contributed by atoms with Crippen LogP contribution in [-0.4, -0.2) is 17.6 Å². The summed E-state index contributed by atoms with van der Waals surface area (Å²) in [6.07, 6.45) is 0.890. The highest BCUT2D eigenvalue weighted by molar-refractivity contribution is 5.95. The summed E-state index contributed by atoms with van der Waals surface area (Å²) >= 11 is 0. The van der Waals surface area contributed by atoms with Gasteiger partial charge in [-0.1, -0.05) is 86.1 Å². The number of carbonyl (C=O) groups is 1. The maximum Gasteiger partial charge on any atom is 0.339 e. The first-order valence-electron chi connectivity index (χ1n) is 11.0. The van der Waals surface area contributed by atoms with Crippen LogP contribution in [0.15, 0.2) is 84.9 Å². The van der Waals surface area contributed by atoms with Crippen LogP contribution in [0.3, 0.4) is 0 Å². The Morgan fingerprint density at radius 3 is 2.19 bits per heavy atom. The first kappa shape index (κ1) is 21.6. The Kier molecular flexibility index (Phi) is 6.27. The Morgan fingerprint density at radius 1 is 0.875 bits per heavy atom. The maximum absolute atomic E-state index is 12.7. The Hall–Kier alpha value is -3.59. The van der Waals surface area contributed by atoms with E-state index in [0.29, 0.717) is 11.5 Å². The normalized spacial score (nSPS) is 11.0. The second-order valence-corrected chi connectivity index (χ2v) is 8.57. The summed E-state index contributed by atoms with van der Waals surface area (Å²) in [7, 11) is 1.43. The number of nitrogens with zero attached hydrogens (tertiary/aromatic N) is 1. The van der Waals surface area contributed by atoms with Gasteiger partial charge in [-0.25, -0.2) is 4.79 Å². The summed E-state index contributed by atoms with van der Waals surface area (Å²) in [6.45, 7) is 6.53. The van der Waals surface area contributed by atoms with Gasteiger partial charge < -0.3 is 9.30 Å². The van der Waals surface area contributed by atoms with Crippen LogP contribution in [0.4, 0.5) is 0 Å². The molecule has 0 saturated carbocycles. The van der Waals surface area contributed by atoms with E-state index in [1.807, 2.05) is 30.3 Å². The van der Waals surface area contributed by atoms with Crippen LogP contribution in [0.5, 0.6) is 0 Å². The molecule has 0 bridgehead atoms. The average molecular weight is 424 g/mol. The lowest BCUT2D eigenvalue weighted by molar-refractivity contribution is 0.0601. The van der Waals surface area contributed by atoms with Crippen molar-refractivity contribution in [1.29, 1.82) is 0 Å². The fraction of sp³-hybridized carbons (Fsp3) is 0.207. The minimum Gasteiger partial charge on any atom is -0.465 e. The predicted molar refractivity (Wildman–Crippen MR) is 131 cm³/mol. The Bertz CT molecular complexity index is 1220. The largest absolute Gasteiger partial charge is 0.465 e. The zero-order valence-corrected chi connectivity index (χ0v) is 19.1. The molecule has 0 fully saturated rings. The first-order valence-corrected chi connectivity index (χ1v) is 11.0. The molecule has 4 aromatic rings. The highest BCUT2D eigenvalue weighted by Gasteiger charge is 2.23. The van der Waals surface area contributed by atoms with Gasteiger partial charge in [0.15, 0.2) is 0 Å². The van der Waals surface area contributed by atoms with E-state index in [-0.39, 0.29) is 5.97 Å². The van der Waals surface area contributed by atoms with Crippen LogP contribution < -0.4 is 0 Å². The summed E-state index contributed by atoms with van der Waals surface area (Å²) in [6, 6.07) is 29.0. The lowest BCUT2D eigenvalue weighted by Crippen LogP contribution is -2.11.